The Morgan fingerprint density at radius 2 is 1.29 bits per heavy atom. The van der Waals surface area contributed by atoms with Gasteiger partial charge in [0.25, 0.3) is 0 Å². The van der Waals surface area contributed by atoms with Crippen LogP contribution in [0, 0.1) is 17.8 Å². The van der Waals surface area contributed by atoms with Gasteiger partial charge in [-0.2, -0.15) is 0 Å². The Hall–Kier alpha value is -2.94. The number of hydrogen-bond acceptors (Lipinski definition) is 5. The van der Waals surface area contributed by atoms with Gasteiger partial charge in [0.1, 0.15) is 18.1 Å². The number of amides is 3. The molecule has 0 aromatic heterocycles. The fourth-order valence-corrected chi connectivity index (χ4v) is 3.39. The van der Waals surface area contributed by atoms with Crippen molar-refractivity contribution in [1.82, 2.24) is 16.0 Å². The number of rotatable bonds is 13. The number of carboxylic acid groups (broad SMARTS) is 1. The van der Waals surface area contributed by atoms with Crippen LogP contribution in [0.25, 0.3) is 0 Å². The number of carbonyl (C=O) groups is 4. The summed E-state index contributed by atoms with van der Waals surface area (Å²) < 4.78 is 0. The first-order chi connectivity index (χ1) is 15.9. The van der Waals surface area contributed by atoms with Crippen LogP contribution in [-0.2, 0) is 25.6 Å². The van der Waals surface area contributed by atoms with Gasteiger partial charge in [-0.3, -0.25) is 14.4 Å². The fraction of sp³-hybridized carbons (Fsp3) is 0.600. The monoisotopic (exact) mass is 476 g/mol. The lowest BCUT2D eigenvalue weighted by molar-refractivity contribution is -0.142. The zero-order chi connectivity index (χ0) is 26.0. The van der Waals surface area contributed by atoms with Crippen LogP contribution >= 0.6 is 0 Å². The topological polar surface area (TPSA) is 151 Å². The normalized spacial score (nSPS) is 15.7. The van der Waals surface area contributed by atoms with E-state index >= 15 is 0 Å². The van der Waals surface area contributed by atoms with Gasteiger partial charge in [-0.15, -0.1) is 0 Å². The summed E-state index contributed by atoms with van der Waals surface area (Å²) in [7, 11) is 0. The van der Waals surface area contributed by atoms with Crippen LogP contribution in [0.3, 0.4) is 0 Å². The molecule has 0 saturated carbocycles. The van der Waals surface area contributed by atoms with Crippen LogP contribution in [0.2, 0.25) is 0 Å². The van der Waals surface area contributed by atoms with Gasteiger partial charge in [-0.1, -0.05) is 78.3 Å². The molecule has 0 bridgehead atoms. The molecule has 9 heteroatoms. The fourth-order valence-electron chi connectivity index (χ4n) is 3.39. The number of nitrogens with two attached hydrogens (primary N) is 1. The molecule has 0 aliphatic rings. The maximum Gasteiger partial charge on any atom is 0.326 e. The Labute approximate surface area is 202 Å². The van der Waals surface area contributed by atoms with Gasteiger partial charge in [-0.05, 0) is 23.3 Å². The Morgan fingerprint density at radius 3 is 1.74 bits per heavy atom. The molecule has 0 aliphatic heterocycles. The highest BCUT2D eigenvalue weighted by atomic mass is 16.4. The first-order valence-electron chi connectivity index (χ1n) is 11.8. The Kier molecular flexibility index (Phi) is 11.7. The molecule has 1 aromatic rings. The first kappa shape index (κ1) is 29.1. The molecule has 6 N–H and O–H groups in total. The van der Waals surface area contributed by atoms with Crippen molar-refractivity contribution in [2.24, 2.45) is 23.5 Å². The molecular formula is C25H40N4O5. The number of benzene rings is 1. The predicted molar refractivity (Wildman–Crippen MR) is 131 cm³/mol. The summed E-state index contributed by atoms with van der Waals surface area (Å²) in [5.74, 6) is -3.35. The lowest BCUT2D eigenvalue weighted by Gasteiger charge is -2.29. The molecule has 1 rings (SSSR count). The number of carbonyl (C=O) groups excluding carboxylic acids is 3. The summed E-state index contributed by atoms with van der Waals surface area (Å²) in [6.45, 7) is 10.9. The molecule has 1 aromatic carbocycles. The van der Waals surface area contributed by atoms with Gasteiger partial charge >= 0.3 is 5.97 Å². The second-order valence-electron chi connectivity index (χ2n) is 9.46. The van der Waals surface area contributed by atoms with Crippen molar-refractivity contribution in [3.63, 3.8) is 0 Å². The number of hydrogen-bond donors (Lipinski definition) is 5. The van der Waals surface area contributed by atoms with E-state index in [0.717, 1.165) is 12.0 Å². The Morgan fingerprint density at radius 1 is 0.824 bits per heavy atom. The highest BCUT2D eigenvalue weighted by molar-refractivity contribution is 5.94. The van der Waals surface area contributed by atoms with Gasteiger partial charge in [0.2, 0.25) is 17.7 Å². The maximum atomic E-state index is 13.0. The summed E-state index contributed by atoms with van der Waals surface area (Å²) in [5, 5.41) is 17.5. The molecule has 0 heterocycles. The van der Waals surface area contributed by atoms with E-state index in [1.807, 2.05) is 19.9 Å². The van der Waals surface area contributed by atoms with Crippen molar-refractivity contribution in [1.29, 1.82) is 0 Å². The molecule has 9 nitrogen and oxygen atoms in total. The van der Waals surface area contributed by atoms with E-state index < -0.39 is 47.9 Å². The minimum atomic E-state index is -1.17. The largest absolute Gasteiger partial charge is 0.480 e. The number of carboxylic acids is 1. The SMILES string of the molecule is CCC(C)C(N)C(=O)NC(C(=O)NC(C(=O)NC(Cc1ccccc1)C(=O)O)C(C)C)C(C)C. The molecule has 0 radical (unpaired) electrons. The summed E-state index contributed by atoms with van der Waals surface area (Å²) in [5.41, 5.74) is 6.76. The highest BCUT2D eigenvalue weighted by Gasteiger charge is 2.33. The highest BCUT2D eigenvalue weighted by Crippen LogP contribution is 2.11. The van der Waals surface area contributed by atoms with E-state index in [1.165, 1.54) is 0 Å². The molecule has 5 unspecified atom stereocenters. The standard InChI is InChI=1S/C25H40N4O5/c1-7-16(6)19(26)22(30)28-21(15(4)5)24(32)29-20(14(2)3)23(31)27-18(25(33)34)13-17-11-9-8-10-12-17/h8-12,14-16,18-21H,7,13,26H2,1-6H3,(H,27,31)(H,28,30)(H,29,32)(H,33,34). The van der Waals surface area contributed by atoms with Crippen LogP contribution in [0.4, 0.5) is 0 Å². The van der Waals surface area contributed by atoms with Crippen LogP contribution in [-0.4, -0.2) is 53.0 Å². The zero-order valence-corrected chi connectivity index (χ0v) is 21.0. The third-order valence-electron chi connectivity index (χ3n) is 5.95. The van der Waals surface area contributed by atoms with E-state index in [2.05, 4.69) is 16.0 Å². The van der Waals surface area contributed by atoms with Crippen LogP contribution in [0.15, 0.2) is 30.3 Å². The minimum Gasteiger partial charge on any atom is -0.480 e. The van der Waals surface area contributed by atoms with E-state index in [9.17, 15) is 24.3 Å². The third-order valence-corrected chi connectivity index (χ3v) is 5.95. The molecule has 3 amide bonds. The Balaban J connectivity index is 2.94. The van der Waals surface area contributed by atoms with Crippen LogP contribution in [0.5, 0.6) is 0 Å². The lowest BCUT2D eigenvalue weighted by atomic mass is 9.96. The van der Waals surface area contributed by atoms with Gasteiger partial charge in [0.15, 0.2) is 0 Å². The van der Waals surface area contributed by atoms with Crippen LogP contribution < -0.4 is 21.7 Å². The van der Waals surface area contributed by atoms with Crippen molar-refractivity contribution in [3.8, 4) is 0 Å². The number of aliphatic carboxylic acids is 1. The smallest absolute Gasteiger partial charge is 0.326 e. The van der Waals surface area contributed by atoms with E-state index in [0.29, 0.717) is 0 Å². The number of nitrogens with one attached hydrogen (secondary N) is 3. The van der Waals surface area contributed by atoms with Crippen molar-refractivity contribution in [2.75, 3.05) is 0 Å². The quantitative estimate of drug-likeness (QED) is 0.291. The molecule has 5 atom stereocenters. The van der Waals surface area contributed by atoms with E-state index in [1.54, 1.807) is 52.0 Å². The molecule has 0 fully saturated rings. The molecule has 0 aliphatic carbocycles. The van der Waals surface area contributed by atoms with Crippen molar-refractivity contribution < 1.29 is 24.3 Å². The Bertz CT molecular complexity index is 828. The minimum absolute atomic E-state index is 0.0531. The molecule has 0 spiro atoms. The third kappa shape index (κ3) is 8.78. The maximum absolute atomic E-state index is 13.0. The lowest BCUT2D eigenvalue weighted by Crippen LogP contribution is -2.60. The van der Waals surface area contributed by atoms with Crippen LogP contribution in [0.1, 0.15) is 53.5 Å². The first-order valence-corrected chi connectivity index (χ1v) is 11.8. The van der Waals surface area contributed by atoms with E-state index in [-0.39, 0.29) is 24.2 Å². The average Bonchev–Trinajstić information content (AvgIpc) is 2.79. The molecule has 0 saturated heterocycles. The van der Waals surface area contributed by atoms with Crippen molar-refractivity contribution in [2.45, 2.75) is 78.6 Å². The summed E-state index contributed by atoms with van der Waals surface area (Å²) in [6.07, 6.45) is 0.829. The molecular weight excluding hydrogens is 436 g/mol. The average molecular weight is 477 g/mol. The van der Waals surface area contributed by atoms with Gasteiger partial charge in [-0.25, -0.2) is 4.79 Å². The molecule has 190 valence electrons. The van der Waals surface area contributed by atoms with Gasteiger partial charge in [0.05, 0.1) is 6.04 Å². The van der Waals surface area contributed by atoms with E-state index in [4.69, 9.17) is 5.73 Å². The second kappa shape index (κ2) is 13.7. The summed E-state index contributed by atoms with van der Waals surface area (Å²) >= 11 is 0. The summed E-state index contributed by atoms with van der Waals surface area (Å²) in [4.78, 5) is 50.3. The molecule has 34 heavy (non-hydrogen) atoms. The predicted octanol–water partition coefficient (Wildman–Crippen LogP) is 1.45. The van der Waals surface area contributed by atoms with Crippen molar-refractivity contribution >= 4 is 23.7 Å². The van der Waals surface area contributed by atoms with Gasteiger partial charge in [0, 0.05) is 6.42 Å². The zero-order valence-electron chi connectivity index (χ0n) is 21.0. The summed E-state index contributed by atoms with van der Waals surface area (Å²) in [6, 6.07) is 5.19. The van der Waals surface area contributed by atoms with Gasteiger partial charge < -0.3 is 26.8 Å². The second-order valence-corrected chi connectivity index (χ2v) is 9.46. The van der Waals surface area contributed by atoms with Crippen molar-refractivity contribution in [3.05, 3.63) is 35.9 Å².